The molecular formula is C20H22FNO3. The van der Waals surface area contributed by atoms with Gasteiger partial charge in [0.1, 0.15) is 17.3 Å². The second-order valence-corrected chi connectivity index (χ2v) is 6.39. The van der Waals surface area contributed by atoms with Crippen molar-refractivity contribution in [1.29, 1.82) is 0 Å². The van der Waals surface area contributed by atoms with Gasteiger partial charge in [-0.05, 0) is 49.6 Å². The first-order valence-corrected chi connectivity index (χ1v) is 8.29. The third kappa shape index (κ3) is 3.31. The van der Waals surface area contributed by atoms with Crippen LogP contribution in [0.3, 0.4) is 0 Å². The third-order valence-electron chi connectivity index (χ3n) is 4.84. The maximum atomic E-state index is 13.1. The summed E-state index contributed by atoms with van der Waals surface area (Å²) in [6, 6.07) is 11.5. The number of methoxy groups -OCH3 is 2. The van der Waals surface area contributed by atoms with Crippen LogP contribution in [0.15, 0.2) is 42.5 Å². The average molecular weight is 343 g/mol. The van der Waals surface area contributed by atoms with E-state index in [-0.39, 0.29) is 17.8 Å². The van der Waals surface area contributed by atoms with Crippen molar-refractivity contribution in [2.45, 2.75) is 31.2 Å². The Bertz CT molecular complexity index is 769. The van der Waals surface area contributed by atoms with Gasteiger partial charge in [0.05, 0.1) is 25.7 Å². The molecule has 2 aromatic rings. The predicted molar refractivity (Wildman–Crippen MR) is 93.4 cm³/mol. The number of hydrogen-bond donors (Lipinski definition) is 1. The van der Waals surface area contributed by atoms with Crippen molar-refractivity contribution < 1.29 is 18.7 Å². The second-order valence-electron chi connectivity index (χ2n) is 6.39. The summed E-state index contributed by atoms with van der Waals surface area (Å²) >= 11 is 0. The van der Waals surface area contributed by atoms with Gasteiger partial charge in [-0.2, -0.15) is 0 Å². The number of benzene rings is 2. The lowest BCUT2D eigenvalue weighted by Crippen LogP contribution is -2.36. The Morgan fingerprint density at radius 1 is 1.12 bits per heavy atom. The molecule has 5 heteroatoms. The molecule has 1 N–H and O–H groups in total. The summed E-state index contributed by atoms with van der Waals surface area (Å²) in [7, 11) is 3.19. The fourth-order valence-electron chi connectivity index (χ4n) is 3.13. The van der Waals surface area contributed by atoms with Crippen LogP contribution in [-0.2, 0) is 10.2 Å². The Kier molecular flexibility index (Phi) is 4.66. The Morgan fingerprint density at radius 2 is 1.80 bits per heavy atom. The Hall–Kier alpha value is -2.56. The van der Waals surface area contributed by atoms with E-state index >= 15 is 0 Å². The van der Waals surface area contributed by atoms with E-state index in [1.54, 1.807) is 32.4 Å². The Labute approximate surface area is 147 Å². The standard InChI is InChI=1S/C20H22FNO3/c1-13(17-9-8-16(24-2)12-18(17)25-3)22-19(23)20(10-11-20)14-4-6-15(21)7-5-14/h4-9,12-13H,10-11H2,1-3H3,(H,22,23). The fraction of sp³-hybridized carbons (Fsp3) is 0.350. The minimum Gasteiger partial charge on any atom is -0.497 e. The summed E-state index contributed by atoms with van der Waals surface area (Å²) in [5, 5.41) is 3.07. The van der Waals surface area contributed by atoms with Crippen LogP contribution in [0.2, 0.25) is 0 Å². The van der Waals surface area contributed by atoms with Crippen molar-refractivity contribution >= 4 is 5.91 Å². The van der Waals surface area contributed by atoms with E-state index in [0.29, 0.717) is 11.5 Å². The largest absolute Gasteiger partial charge is 0.497 e. The molecule has 1 saturated carbocycles. The van der Waals surface area contributed by atoms with Gasteiger partial charge in [-0.25, -0.2) is 4.39 Å². The Balaban J connectivity index is 1.78. The summed E-state index contributed by atoms with van der Waals surface area (Å²) in [5.41, 5.74) is 1.20. The number of rotatable bonds is 6. The molecule has 25 heavy (non-hydrogen) atoms. The van der Waals surface area contributed by atoms with Crippen LogP contribution in [0.5, 0.6) is 11.5 Å². The highest BCUT2D eigenvalue weighted by molar-refractivity contribution is 5.91. The van der Waals surface area contributed by atoms with Crippen LogP contribution in [0, 0.1) is 5.82 Å². The number of carbonyl (C=O) groups excluding carboxylic acids is 1. The van der Waals surface area contributed by atoms with Crippen LogP contribution in [0.1, 0.15) is 36.9 Å². The van der Waals surface area contributed by atoms with Crippen molar-refractivity contribution in [3.8, 4) is 11.5 Å². The minimum absolute atomic E-state index is 0.0375. The quantitative estimate of drug-likeness (QED) is 0.869. The van der Waals surface area contributed by atoms with Crippen molar-refractivity contribution in [3.05, 3.63) is 59.4 Å². The first kappa shape index (κ1) is 17.3. The maximum absolute atomic E-state index is 13.1. The first-order valence-electron chi connectivity index (χ1n) is 8.29. The van der Waals surface area contributed by atoms with Gasteiger partial charge in [-0.15, -0.1) is 0 Å². The molecule has 0 radical (unpaired) electrons. The molecule has 0 aromatic heterocycles. The molecule has 2 aromatic carbocycles. The van der Waals surface area contributed by atoms with Crippen LogP contribution in [0.4, 0.5) is 4.39 Å². The Morgan fingerprint density at radius 3 is 2.36 bits per heavy atom. The van der Waals surface area contributed by atoms with Gasteiger partial charge in [0, 0.05) is 11.6 Å². The molecule has 4 nitrogen and oxygen atoms in total. The lowest BCUT2D eigenvalue weighted by atomic mass is 9.94. The van der Waals surface area contributed by atoms with Crippen molar-refractivity contribution in [3.63, 3.8) is 0 Å². The van der Waals surface area contributed by atoms with E-state index in [2.05, 4.69) is 5.32 Å². The topological polar surface area (TPSA) is 47.6 Å². The number of ether oxygens (including phenoxy) is 2. The molecular weight excluding hydrogens is 321 g/mol. The zero-order chi connectivity index (χ0) is 18.0. The molecule has 1 atom stereocenters. The van der Waals surface area contributed by atoms with Crippen LogP contribution >= 0.6 is 0 Å². The van der Waals surface area contributed by atoms with Crippen LogP contribution < -0.4 is 14.8 Å². The lowest BCUT2D eigenvalue weighted by molar-refractivity contribution is -0.124. The van der Waals surface area contributed by atoms with E-state index in [0.717, 1.165) is 24.0 Å². The number of halogens is 1. The van der Waals surface area contributed by atoms with Crippen LogP contribution in [0.25, 0.3) is 0 Å². The first-order chi connectivity index (χ1) is 12.0. The molecule has 1 aliphatic rings. The van der Waals surface area contributed by atoms with Gasteiger partial charge in [-0.1, -0.05) is 12.1 Å². The van der Waals surface area contributed by atoms with Crippen LogP contribution in [-0.4, -0.2) is 20.1 Å². The smallest absolute Gasteiger partial charge is 0.231 e. The van der Waals surface area contributed by atoms with E-state index < -0.39 is 5.41 Å². The lowest BCUT2D eigenvalue weighted by Gasteiger charge is -2.22. The van der Waals surface area contributed by atoms with Crippen molar-refractivity contribution in [1.82, 2.24) is 5.32 Å². The van der Waals surface area contributed by atoms with E-state index in [1.165, 1.54) is 12.1 Å². The monoisotopic (exact) mass is 343 g/mol. The molecule has 1 amide bonds. The summed E-state index contributed by atoms with van der Waals surface area (Å²) in [6.45, 7) is 1.92. The van der Waals surface area contributed by atoms with Gasteiger partial charge in [-0.3, -0.25) is 4.79 Å². The van der Waals surface area contributed by atoms with E-state index in [1.807, 2.05) is 19.1 Å². The molecule has 1 unspecified atom stereocenters. The van der Waals surface area contributed by atoms with E-state index in [4.69, 9.17) is 9.47 Å². The molecule has 0 spiro atoms. The zero-order valence-corrected chi connectivity index (χ0v) is 14.6. The van der Waals surface area contributed by atoms with Gasteiger partial charge < -0.3 is 14.8 Å². The minimum atomic E-state index is -0.540. The molecule has 3 rings (SSSR count). The molecule has 1 aliphatic carbocycles. The highest BCUT2D eigenvalue weighted by Crippen LogP contribution is 2.48. The van der Waals surface area contributed by atoms with Crippen molar-refractivity contribution in [2.75, 3.05) is 14.2 Å². The second kappa shape index (κ2) is 6.75. The molecule has 0 aliphatic heterocycles. The molecule has 0 heterocycles. The zero-order valence-electron chi connectivity index (χ0n) is 14.6. The average Bonchev–Trinajstić information content (AvgIpc) is 3.43. The summed E-state index contributed by atoms with van der Waals surface area (Å²) < 4.78 is 23.8. The van der Waals surface area contributed by atoms with Crippen molar-refractivity contribution in [2.24, 2.45) is 0 Å². The molecule has 0 saturated heterocycles. The van der Waals surface area contributed by atoms with E-state index in [9.17, 15) is 9.18 Å². The number of hydrogen-bond acceptors (Lipinski definition) is 3. The highest BCUT2D eigenvalue weighted by atomic mass is 19.1. The summed E-state index contributed by atoms with van der Waals surface area (Å²) in [5.74, 6) is 1.03. The molecule has 0 bridgehead atoms. The fourth-order valence-corrected chi connectivity index (χ4v) is 3.13. The summed E-state index contributed by atoms with van der Waals surface area (Å²) in [4.78, 5) is 12.8. The number of carbonyl (C=O) groups is 1. The van der Waals surface area contributed by atoms with Gasteiger partial charge >= 0.3 is 0 Å². The third-order valence-corrected chi connectivity index (χ3v) is 4.84. The van der Waals surface area contributed by atoms with Gasteiger partial charge in [0.15, 0.2) is 0 Å². The number of amides is 1. The van der Waals surface area contributed by atoms with Gasteiger partial charge in [0.2, 0.25) is 5.91 Å². The predicted octanol–water partition coefficient (Wildman–Crippen LogP) is 3.75. The molecule has 1 fully saturated rings. The highest BCUT2D eigenvalue weighted by Gasteiger charge is 2.51. The SMILES string of the molecule is COc1ccc(C(C)NC(=O)C2(c3ccc(F)cc3)CC2)c(OC)c1. The summed E-state index contributed by atoms with van der Waals surface area (Å²) in [6.07, 6.45) is 1.55. The van der Waals surface area contributed by atoms with Gasteiger partial charge in [0.25, 0.3) is 0 Å². The number of nitrogens with one attached hydrogen (secondary N) is 1. The normalized spacial score (nSPS) is 16.0. The maximum Gasteiger partial charge on any atom is 0.231 e. The molecule has 132 valence electrons.